The minimum absolute atomic E-state index is 0.108. The summed E-state index contributed by atoms with van der Waals surface area (Å²) in [7, 11) is 0. The number of carbonyl (C=O) groups is 1. The van der Waals surface area contributed by atoms with E-state index in [1.54, 1.807) is 22.8 Å². The van der Waals surface area contributed by atoms with E-state index in [-0.39, 0.29) is 30.6 Å². The summed E-state index contributed by atoms with van der Waals surface area (Å²) in [6, 6.07) is 20.1. The second kappa shape index (κ2) is 9.79. The van der Waals surface area contributed by atoms with Crippen molar-refractivity contribution in [3.05, 3.63) is 93.2 Å². The Kier molecular flexibility index (Phi) is 6.42. The third-order valence-corrected chi connectivity index (χ3v) is 6.72. The van der Waals surface area contributed by atoms with Gasteiger partial charge < -0.3 is 14.8 Å². The molecule has 5 rings (SSSR count). The number of benzene rings is 3. The molecule has 34 heavy (non-hydrogen) atoms. The molecular formula is C25H20ClN3O4S. The second-order valence-electron chi connectivity index (χ2n) is 7.65. The van der Waals surface area contributed by atoms with Crippen molar-refractivity contribution in [1.82, 2.24) is 14.9 Å². The fourth-order valence-electron chi connectivity index (χ4n) is 3.64. The minimum Gasteiger partial charge on any atom is -0.454 e. The highest BCUT2D eigenvalue weighted by Crippen LogP contribution is 2.33. The molecule has 0 bridgehead atoms. The number of amides is 1. The SMILES string of the molecule is O=C(CSc1nc2ccccc2c(=O)n1Cc1ccc2c(c1)OCO2)NCc1ccccc1Cl. The summed E-state index contributed by atoms with van der Waals surface area (Å²) in [5.41, 5.74) is 2.13. The van der Waals surface area contributed by atoms with E-state index in [0.29, 0.717) is 39.1 Å². The molecule has 1 aliphatic heterocycles. The number of aromatic nitrogens is 2. The molecule has 0 fully saturated rings. The van der Waals surface area contributed by atoms with Gasteiger partial charge in [-0.1, -0.05) is 59.8 Å². The van der Waals surface area contributed by atoms with Crippen LogP contribution in [0.2, 0.25) is 5.02 Å². The average molecular weight is 494 g/mol. The number of para-hydroxylation sites is 1. The lowest BCUT2D eigenvalue weighted by molar-refractivity contribution is -0.118. The van der Waals surface area contributed by atoms with Gasteiger partial charge in [0.05, 0.1) is 23.2 Å². The monoisotopic (exact) mass is 493 g/mol. The summed E-state index contributed by atoms with van der Waals surface area (Å²) >= 11 is 7.38. The number of ether oxygens (including phenoxy) is 2. The smallest absolute Gasteiger partial charge is 0.262 e. The first kappa shape index (κ1) is 22.3. The number of nitrogens with zero attached hydrogens (tertiary/aromatic N) is 2. The van der Waals surface area contributed by atoms with Gasteiger partial charge in [0.2, 0.25) is 12.7 Å². The molecule has 1 aliphatic rings. The zero-order valence-electron chi connectivity index (χ0n) is 18.0. The van der Waals surface area contributed by atoms with Gasteiger partial charge in [-0.05, 0) is 41.5 Å². The van der Waals surface area contributed by atoms with Gasteiger partial charge in [-0.25, -0.2) is 4.98 Å². The predicted octanol–water partition coefficient (Wildman–Crippen LogP) is 4.24. The molecule has 172 valence electrons. The zero-order valence-corrected chi connectivity index (χ0v) is 19.6. The van der Waals surface area contributed by atoms with Crippen molar-refractivity contribution in [2.45, 2.75) is 18.2 Å². The molecule has 9 heteroatoms. The molecule has 4 aromatic rings. The van der Waals surface area contributed by atoms with Gasteiger partial charge in [-0.3, -0.25) is 14.2 Å². The van der Waals surface area contributed by atoms with Gasteiger partial charge in [-0.15, -0.1) is 0 Å². The maximum absolute atomic E-state index is 13.3. The van der Waals surface area contributed by atoms with Crippen molar-refractivity contribution >= 4 is 40.2 Å². The molecule has 0 unspecified atom stereocenters. The van der Waals surface area contributed by atoms with Crippen LogP contribution in [-0.2, 0) is 17.9 Å². The third-order valence-electron chi connectivity index (χ3n) is 5.37. The van der Waals surface area contributed by atoms with E-state index in [1.807, 2.05) is 48.5 Å². The Morgan fingerprint density at radius 1 is 1.06 bits per heavy atom. The van der Waals surface area contributed by atoms with Gasteiger partial charge in [0.1, 0.15) is 0 Å². The van der Waals surface area contributed by atoms with Gasteiger partial charge >= 0.3 is 0 Å². The fourth-order valence-corrected chi connectivity index (χ4v) is 4.67. The van der Waals surface area contributed by atoms with Gasteiger partial charge in [0.15, 0.2) is 16.7 Å². The lowest BCUT2D eigenvalue weighted by Crippen LogP contribution is -2.27. The van der Waals surface area contributed by atoms with Crippen molar-refractivity contribution < 1.29 is 14.3 Å². The Balaban J connectivity index is 1.38. The molecule has 1 N–H and O–H groups in total. The van der Waals surface area contributed by atoms with Crippen LogP contribution in [-0.4, -0.2) is 28.0 Å². The van der Waals surface area contributed by atoms with Crippen LogP contribution in [0.25, 0.3) is 10.9 Å². The molecule has 7 nitrogen and oxygen atoms in total. The number of nitrogens with one attached hydrogen (secondary N) is 1. The Morgan fingerprint density at radius 2 is 1.85 bits per heavy atom. The standard InChI is InChI=1S/C25H20ClN3O4S/c26-19-7-3-1-5-17(19)12-27-23(30)14-34-25-28-20-8-4-2-6-18(20)24(31)29(25)13-16-9-10-21-22(11-16)33-15-32-21/h1-11H,12-15H2,(H,27,30). The Morgan fingerprint density at radius 3 is 2.74 bits per heavy atom. The van der Waals surface area contributed by atoms with Gasteiger partial charge in [-0.2, -0.15) is 0 Å². The number of rotatable bonds is 7. The molecule has 0 radical (unpaired) electrons. The molecule has 1 aromatic heterocycles. The topological polar surface area (TPSA) is 82.5 Å². The molecule has 0 saturated carbocycles. The van der Waals surface area contributed by atoms with E-state index in [9.17, 15) is 9.59 Å². The minimum atomic E-state index is -0.179. The Labute approximate surface area is 204 Å². The molecule has 2 heterocycles. The van der Waals surface area contributed by atoms with Crippen LogP contribution < -0.4 is 20.3 Å². The lowest BCUT2D eigenvalue weighted by Gasteiger charge is -2.14. The second-order valence-corrected chi connectivity index (χ2v) is 9.00. The van der Waals surface area contributed by atoms with E-state index in [1.165, 1.54) is 11.8 Å². The van der Waals surface area contributed by atoms with Gasteiger partial charge in [0.25, 0.3) is 5.56 Å². The van der Waals surface area contributed by atoms with E-state index in [2.05, 4.69) is 10.3 Å². The molecule has 0 saturated heterocycles. The number of hydrogen-bond donors (Lipinski definition) is 1. The summed E-state index contributed by atoms with van der Waals surface area (Å²) in [5.74, 6) is 1.25. The maximum Gasteiger partial charge on any atom is 0.262 e. The Hall–Kier alpha value is -3.49. The van der Waals surface area contributed by atoms with Crippen molar-refractivity contribution in [2.24, 2.45) is 0 Å². The first-order chi connectivity index (χ1) is 16.6. The maximum atomic E-state index is 13.3. The summed E-state index contributed by atoms with van der Waals surface area (Å²) in [4.78, 5) is 30.5. The molecule has 0 atom stereocenters. The van der Waals surface area contributed by atoms with Crippen LogP contribution in [0, 0.1) is 0 Å². The molecule has 1 amide bonds. The van der Waals surface area contributed by atoms with Crippen LogP contribution in [0.5, 0.6) is 11.5 Å². The van der Waals surface area contributed by atoms with Crippen LogP contribution in [0.3, 0.4) is 0 Å². The number of halogens is 1. The normalized spacial score (nSPS) is 12.1. The highest BCUT2D eigenvalue weighted by molar-refractivity contribution is 7.99. The van der Waals surface area contributed by atoms with Crippen molar-refractivity contribution in [1.29, 1.82) is 0 Å². The van der Waals surface area contributed by atoms with Crippen molar-refractivity contribution in [2.75, 3.05) is 12.5 Å². The Bertz CT molecular complexity index is 1440. The van der Waals surface area contributed by atoms with Crippen molar-refractivity contribution in [3.8, 4) is 11.5 Å². The predicted molar refractivity (Wildman–Crippen MR) is 132 cm³/mol. The highest BCUT2D eigenvalue weighted by Gasteiger charge is 2.17. The zero-order chi connectivity index (χ0) is 23.5. The van der Waals surface area contributed by atoms with Crippen molar-refractivity contribution in [3.63, 3.8) is 0 Å². The molecule has 3 aromatic carbocycles. The summed E-state index contributed by atoms with van der Waals surface area (Å²) in [6.45, 7) is 0.797. The van der Waals surface area contributed by atoms with Crippen LogP contribution in [0.15, 0.2) is 76.7 Å². The molecular weight excluding hydrogens is 474 g/mol. The number of fused-ring (bicyclic) bond motifs is 2. The molecule has 0 spiro atoms. The first-order valence-electron chi connectivity index (χ1n) is 10.6. The third kappa shape index (κ3) is 4.73. The van der Waals surface area contributed by atoms with E-state index >= 15 is 0 Å². The van der Waals surface area contributed by atoms with E-state index < -0.39 is 0 Å². The number of carbonyl (C=O) groups excluding carboxylic acids is 1. The number of thioether (sulfide) groups is 1. The van der Waals surface area contributed by atoms with Crippen LogP contribution in [0.4, 0.5) is 0 Å². The quantitative estimate of drug-likeness (QED) is 0.306. The van der Waals surface area contributed by atoms with E-state index in [4.69, 9.17) is 21.1 Å². The number of hydrogen-bond acceptors (Lipinski definition) is 6. The average Bonchev–Trinajstić information content (AvgIpc) is 3.32. The fraction of sp³-hybridized carbons (Fsp3) is 0.160. The van der Waals surface area contributed by atoms with Crippen LogP contribution >= 0.6 is 23.4 Å². The largest absolute Gasteiger partial charge is 0.454 e. The lowest BCUT2D eigenvalue weighted by atomic mass is 10.2. The van der Waals surface area contributed by atoms with E-state index in [0.717, 1.165) is 11.1 Å². The summed E-state index contributed by atoms with van der Waals surface area (Å²) in [6.07, 6.45) is 0. The highest BCUT2D eigenvalue weighted by atomic mass is 35.5. The van der Waals surface area contributed by atoms with Crippen LogP contribution in [0.1, 0.15) is 11.1 Å². The first-order valence-corrected chi connectivity index (χ1v) is 12.0. The van der Waals surface area contributed by atoms with Gasteiger partial charge in [0, 0.05) is 11.6 Å². The summed E-state index contributed by atoms with van der Waals surface area (Å²) < 4.78 is 12.4. The molecule has 0 aliphatic carbocycles. The summed E-state index contributed by atoms with van der Waals surface area (Å²) in [5, 5.41) is 4.46.